The summed E-state index contributed by atoms with van der Waals surface area (Å²) in [7, 11) is 2.02. The van der Waals surface area contributed by atoms with Crippen LogP contribution in [0.3, 0.4) is 0 Å². The molecule has 0 fully saturated rings. The first-order valence-corrected chi connectivity index (χ1v) is 6.01. The second-order valence-corrected chi connectivity index (χ2v) is 5.12. The first-order valence-electron chi connectivity index (χ1n) is 5.23. The number of anilines is 1. The second-order valence-electron chi connectivity index (χ2n) is 4.27. The highest BCUT2D eigenvalue weighted by molar-refractivity contribution is 7.80. The lowest BCUT2D eigenvalue weighted by Gasteiger charge is -2.24. The van der Waals surface area contributed by atoms with Gasteiger partial charge in [0.15, 0.2) is 0 Å². The lowest BCUT2D eigenvalue weighted by atomic mass is 10.1. The molecule has 88 valence electrons. The summed E-state index contributed by atoms with van der Waals surface area (Å²) in [5.41, 5.74) is 7.46. The van der Waals surface area contributed by atoms with Gasteiger partial charge in [0.2, 0.25) is 0 Å². The molecule has 1 aromatic carbocycles. The van der Waals surface area contributed by atoms with Gasteiger partial charge in [-0.25, -0.2) is 0 Å². The zero-order chi connectivity index (χ0) is 12.3. The van der Waals surface area contributed by atoms with Crippen molar-refractivity contribution in [2.45, 2.75) is 13.8 Å². The lowest BCUT2D eigenvalue weighted by Crippen LogP contribution is -2.25. The van der Waals surface area contributed by atoms with Crippen molar-refractivity contribution in [1.29, 1.82) is 0 Å². The van der Waals surface area contributed by atoms with Gasteiger partial charge in [-0.3, -0.25) is 0 Å². The first kappa shape index (κ1) is 13.3. The monoisotopic (exact) mass is 256 g/mol. The molecule has 1 rings (SSSR count). The Morgan fingerprint density at radius 1 is 1.50 bits per heavy atom. The van der Waals surface area contributed by atoms with E-state index >= 15 is 0 Å². The summed E-state index contributed by atoms with van der Waals surface area (Å²) in [5, 5.41) is 0.612. The molecule has 0 radical (unpaired) electrons. The zero-order valence-electron chi connectivity index (χ0n) is 9.83. The van der Waals surface area contributed by atoms with E-state index in [4.69, 9.17) is 29.6 Å². The quantitative estimate of drug-likeness (QED) is 0.840. The SMILES string of the molecule is CC(C)CN(C)c1cccc(Cl)c1C(N)=S. The van der Waals surface area contributed by atoms with E-state index in [1.54, 1.807) is 0 Å². The Bertz CT molecular complexity index is 391. The average molecular weight is 257 g/mol. The van der Waals surface area contributed by atoms with Crippen LogP contribution < -0.4 is 10.6 Å². The third-order valence-electron chi connectivity index (χ3n) is 2.29. The number of nitrogens with two attached hydrogens (primary N) is 1. The van der Waals surface area contributed by atoms with Gasteiger partial charge < -0.3 is 10.6 Å². The van der Waals surface area contributed by atoms with Crippen LogP contribution in [0.2, 0.25) is 5.02 Å². The van der Waals surface area contributed by atoms with Crippen molar-refractivity contribution in [2.75, 3.05) is 18.5 Å². The molecule has 0 saturated carbocycles. The summed E-state index contributed by atoms with van der Waals surface area (Å²) < 4.78 is 0. The molecular formula is C12H17ClN2S. The summed E-state index contributed by atoms with van der Waals surface area (Å²) >= 11 is 11.1. The maximum absolute atomic E-state index is 6.11. The molecule has 16 heavy (non-hydrogen) atoms. The van der Waals surface area contributed by atoms with Crippen molar-refractivity contribution in [3.05, 3.63) is 28.8 Å². The van der Waals surface area contributed by atoms with Gasteiger partial charge in [0.25, 0.3) is 0 Å². The molecule has 0 heterocycles. The molecule has 0 amide bonds. The summed E-state index contributed by atoms with van der Waals surface area (Å²) in [6, 6.07) is 5.71. The number of rotatable bonds is 4. The van der Waals surface area contributed by atoms with E-state index < -0.39 is 0 Å². The van der Waals surface area contributed by atoms with Gasteiger partial charge in [-0.2, -0.15) is 0 Å². The van der Waals surface area contributed by atoms with E-state index in [0.29, 0.717) is 15.9 Å². The highest BCUT2D eigenvalue weighted by Gasteiger charge is 2.13. The molecule has 2 N–H and O–H groups in total. The van der Waals surface area contributed by atoms with Crippen molar-refractivity contribution in [2.24, 2.45) is 11.7 Å². The van der Waals surface area contributed by atoms with Crippen LogP contribution in [0.15, 0.2) is 18.2 Å². The molecular weight excluding hydrogens is 240 g/mol. The van der Waals surface area contributed by atoms with E-state index in [1.165, 1.54) is 0 Å². The van der Waals surface area contributed by atoms with Gasteiger partial charge in [-0.05, 0) is 18.1 Å². The van der Waals surface area contributed by atoms with Gasteiger partial charge in [0.1, 0.15) is 4.99 Å². The van der Waals surface area contributed by atoms with Crippen molar-refractivity contribution in [3.63, 3.8) is 0 Å². The van der Waals surface area contributed by atoms with Crippen LogP contribution >= 0.6 is 23.8 Å². The third kappa shape index (κ3) is 3.09. The van der Waals surface area contributed by atoms with Crippen LogP contribution in [0.1, 0.15) is 19.4 Å². The highest BCUT2D eigenvalue weighted by atomic mass is 35.5. The number of halogens is 1. The predicted molar refractivity (Wildman–Crippen MR) is 75.4 cm³/mol. The fourth-order valence-corrected chi connectivity index (χ4v) is 2.26. The second kappa shape index (κ2) is 5.51. The molecule has 0 saturated heterocycles. The first-order chi connectivity index (χ1) is 7.43. The van der Waals surface area contributed by atoms with Gasteiger partial charge >= 0.3 is 0 Å². The number of nitrogens with zero attached hydrogens (tertiary/aromatic N) is 1. The topological polar surface area (TPSA) is 29.3 Å². The van der Waals surface area contributed by atoms with E-state index in [1.807, 2.05) is 25.2 Å². The normalized spacial score (nSPS) is 10.6. The molecule has 0 aliphatic heterocycles. The van der Waals surface area contributed by atoms with Crippen LogP contribution in [0.5, 0.6) is 0 Å². The average Bonchev–Trinajstić information content (AvgIpc) is 2.15. The Hall–Kier alpha value is -0.800. The van der Waals surface area contributed by atoms with Gasteiger partial charge in [-0.15, -0.1) is 0 Å². The van der Waals surface area contributed by atoms with Crippen LogP contribution in [0.4, 0.5) is 5.69 Å². The minimum atomic E-state index is 0.344. The molecule has 0 bridgehead atoms. The summed E-state index contributed by atoms with van der Waals surface area (Å²) in [5.74, 6) is 0.572. The molecule has 0 aromatic heterocycles. The molecule has 4 heteroatoms. The number of hydrogen-bond donors (Lipinski definition) is 1. The van der Waals surface area contributed by atoms with E-state index in [9.17, 15) is 0 Å². The van der Waals surface area contributed by atoms with E-state index in [0.717, 1.165) is 17.8 Å². The van der Waals surface area contributed by atoms with Crippen LogP contribution in [0, 0.1) is 5.92 Å². The van der Waals surface area contributed by atoms with E-state index in [-0.39, 0.29) is 0 Å². The molecule has 0 unspecified atom stereocenters. The van der Waals surface area contributed by atoms with Gasteiger partial charge in [0, 0.05) is 19.3 Å². The fourth-order valence-electron chi connectivity index (χ4n) is 1.72. The molecule has 1 aromatic rings. The van der Waals surface area contributed by atoms with Crippen molar-refractivity contribution < 1.29 is 0 Å². The summed E-state index contributed by atoms with van der Waals surface area (Å²) in [6.07, 6.45) is 0. The largest absolute Gasteiger partial charge is 0.389 e. The maximum Gasteiger partial charge on any atom is 0.107 e. The molecule has 0 aliphatic rings. The van der Waals surface area contributed by atoms with Gasteiger partial charge in [-0.1, -0.05) is 43.7 Å². The zero-order valence-corrected chi connectivity index (χ0v) is 11.4. The standard InChI is InChI=1S/C12H17ClN2S/c1-8(2)7-15(3)10-6-4-5-9(13)11(10)12(14)16/h4-6,8H,7H2,1-3H3,(H2,14,16). The Morgan fingerprint density at radius 3 is 2.62 bits per heavy atom. The number of thiocarbonyl (C=S) groups is 1. The van der Waals surface area contributed by atoms with Crippen molar-refractivity contribution in [1.82, 2.24) is 0 Å². The fraction of sp³-hybridized carbons (Fsp3) is 0.417. The highest BCUT2D eigenvalue weighted by Crippen LogP contribution is 2.27. The maximum atomic E-state index is 6.11. The molecule has 0 spiro atoms. The molecule has 0 atom stereocenters. The Labute approximate surface area is 107 Å². The minimum Gasteiger partial charge on any atom is -0.389 e. The Morgan fingerprint density at radius 2 is 2.12 bits per heavy atom. The summed E-state index contributed by atoms with van der Waals surface area (Å²) in [4.78, 5) is 2.47. The third-order valence-corrected chi connectivity index (χ3v) is 2.81. The smallest absolute Gasteiger partial charge is 0.107 e. The number of benzene rings is 1. The minimum absolute atomic E-state index is 0.344. The Balaban J connectivity index is 3.12. The van der Waals surface area contributed by atoms with Crippen LogP contribution in [-0.4, -0.2) is 18.6 Å². The van der Waals surface area contributed by atoms with Crippen molar-refractivity contribution in [3.8, 4) is 0 Å². The molecule has 2 nitrogen and oxygen atoms in total. The van der Waals surface area contributed by atoms with E-state index in [2.05, 4.69) is 18.7 Å². The Kier molecular flexibility index (Phi) is 4.56. The van der Waals surface area contributed by atoms with Gasteiger partial charge in [0.05, 0.1) is 10.6 Å². The molecule has 0 aliphatic carbocycles. The van der Waals surface area contributed by atoms with Crippen molar-refractivity contribution >= 4 is 34.5 Å². The summed E-state index contributed by atoms with van der Waals surface area (Å²) in [6.45, 7) is 5.28. The number of hydrogen-bond acceptors (Lipinski definition) is 2. The van der Waals surface area contributed by atoms with Crippen LogP contribution in [0.25, 0.3) is 0 Å². The predicted octanol–water partition coefficient (Wildman–Crippen LogP) is 3.07. The van der Waals surface area contributed by atoms with Crippen LogP contribution in [-0.2, 0) is 0 Å². The lowest BCUT2D eigenvalue weighted by molar-refractivity contribution is 0.638.